The number of nitro groups is 1. The lowest BCUT2D eigenvalue weighted by atomic mass is 10.2. The zero-order valence-corrected chi connectivity index (χ0v) is 13.5. The van der Waals surface area contributed by atoms with Gasteiger partial charge in [0.25, 0.3) is 0 Å². The molecule has 2 aromatic rings. The average molecular weight is 403 g/mol. The van der Waals surface area contributed by atoms with Gasteiger partial charge >= 0.3 is 5.69 Å². The van der Waals surface area contributed by atoms with Crippen molar-refractivity contribution in [3.8, 4) is 17.2 Å². The van der Waals surface area contributed by atoms with Crippen LogP contribution in [0, 0.1) is 10.1 Å². The fraction of sp³-hybridized carbons (Fsp3) is 0.0769. The van der Waals surface area contributed by atoms with Crippen molar-refractivity contribution in [2.24, 2.45) is 0 Å². The summed E-state index contributed by atoms with van der Waals surface area (Å²) >= 11 is 6.67. The van der Waals surface area contributed by atoms with Gasteiger partial charge in [-0.05, 0) is 40.2 Å². The molecule has 2 aromatic carbocycles. The first-order valence-electron chi connectivity index (χ1n) is 5.46. The molecule has 0 aliphatic rings. The molecule has 0 spiro atoms. The van der Waals surface area contributed by atoms with Crippen molar-refractivity contribution in [2.75, 3.05) is 7.11 Å². The number of methoxy groups -OCH3 is 1. The Morgan fingerprint density at radius 2 is 1.85 bits per heavy atom. The molecule has 0 saturated carbocycles. The van der Waals surface area contributed by atoms with E-state index in [2.05, 4.69) is 31.9 Å². The predicted molar refractivity (Wildman–Crippen MR) is 81.6 cm³/mol. The first-order valence-corrected chi connectivity index (χ1v) is 7.05. The zero-order chi connectivity index (χ0) is 14.7. The van der Waals surface area contributed by atoms with Gasteiger partial charge in [-0.2, -0.15) is 0 Å². The smallest absolute Gasteiger partial charge is 0.311 e. The van der Waals surface area contributed by atoms with Gasteiger partial charge in [-0.15, -0.1) is 0 Å². The summed E-state index contributed by atoms with van der Waals surface area (Å²) in [6.07, 6.45) is 0. The van der Waals surface area contributed by atoms with Crippen LogP contribution in [-0.2, 0) is 0 Å². The van der Waals surface area contributed by atoms with Gasteiger partial charge in [-0.25, -0.2) is 0 Å². The topological polar surface area (TPSA) is 61.6 Å². The van der Waals surface area contributed by atoms with Crippen LogP contribution in [0.3, 0.4) is 0 Å². The summed E-state index contributed by atoms with van der Waals surface area (Å²) < 4.78 is 12.2. The largest absolute Gasteiger partial charge is 0.497 e. The number of hydrogen-bond acceptors (Lipinski definition) is 4. The molecule has 0 heterocycles. The molecule has 0 aliphatic carbocycles. The van der Waals surface area contributed by atoms with E-state index in [0.29, 0.717) is 16.0 Å². The lowest BCUT2D eigenvalue weighted by molar-refractivity contribution is -0.385. The lowest BCUT2D eigenvalue weighted by Crippen LogP contribution is -1.95. The van der Waals surface area contributed by atoms with E-state index in [1.165, 1.54) is 25.3 Å². The minimum Gasteiger partial charge on any atom is -0.497 e. The normalized spacial score (nSPS) is 10.2. The quantitative estimate of drug-likeness (QED) is 0.537. The number of hydrogen-bond donors (Lipinski definition) is 0. The van der Waals surface area contributed by atoms with Crippen molar-refractivity contribution in [3.05, 3.63) is 55.5 Å². The second kappa shape index (κ2) is 6.23. The van der Waals surface area contributed by atoms with Crippen LogP contribution < -0.4 is 9.47 Å². The minimum absolute atomic E-state index is 0.123. The molecule has 0 N–H and O–H groups in total. The van der Waals surface area contributed by atoms with Crippen molar-refractivity contribution in [1.29, 1.82) is 0 Å². The highest BCUT2D eigenvalue weighted by molar-refractivity contribution is 9.11. The van der Waals surface area contributed by atoms with E-state index in [9.17, 15) is 10.1 Å². The maximum Gasteiger partial charge on any atom is 0.311 e. The molecule has 0 aliphatic heterocycles. The Bertz CT molecular complexity index is 661. The fourth-order valence-electron chi connectivity index (χ4n) is 1.53. The Hall–Kier alpha value is -1.60. The van der Waals surface area contributed by atoms with Gasteiger partial charge in [0.05, 0.1) is 16.5 Å². The van der Waals surface area contributed by atoms with Crippen molar-refractivity contribution >= 4 is 37.5 Å². The summed E-state index contributed by atoms with van der Waals surface area (Å²) in [6.45, 7) is 0. The third-order valence-electron chi connectivity index (χ3n) is 2.48. The highest BCUT2D eigenvalue weighted by Crippen LogP contribution is 2.38. The fourth-order valence-corrected chi connectivity index (χ4v) is 2.66. The predicted octanol–water partition coefficient (Wildman–Crippen LogP) is 4.92. The van der Waals surface area contributed by atoms with Crippen LogP contribution in [0.4, 0.5) is 5.69 Å². The van der Waals surface area contributed by atoms with Gasteiger partial charge in [0.1, 0.15) is 11.5 Å². The zero-order valence-electron chi connectivity index (χ0n) is 10.3. The molecule has 0 aromatic heterocycles. The number of nitrogens with zero attached hydrogens (tertiary/aromatic N) is 1. The molecule has 0 saturated heterocycles. The molecule has 0 atom stereocenters. The summed E-state index contributed by atoms with van der Waals surface area (Å²) in [4.78, 5) is 10.5. The average Bonchev–Trinajstić information content (AvgIpc) is 2.41. The molecule has 0 amide bonds. The summed E-state index contributed by atoms with van der Waals surface area (Å²) in [5.74, 6) is 1.08. The summed E-state index contributed by atoms with van der Waals surface area (Å²) in [5.41, 5.74) is -0.124. The molecule has 7 heteroatoms. The first-order chi connectivity index (χ1) is 9.51. The van der Waals surface area contributed by atoms with Gasteiger partial charge in [0.15, 0.2) is 0 Å². The first kappa shape index (κ1) is 14.8. The summed E-state index contributed by atoms with van der Waals surface area (Å²) in [7, 11) is 1.49. The highest BCUT2D eigenvalue weighted by atomic mass is 79.9. The Labute approximate surface area is 131 Å². The van der Waals surface area contributed by atoms with E-state index in [-0.39, 0.29) is 11.4 Å². The van der Waals surface area contributed by atoms with Crippen molar-refractivity contribution in [3.63, 3.8) is 0 Å². The van der Waals surface area contributed by atoms with Crippen LogP contribution in [0.2, 0.25) is 0 Å². The Morgan fingerprint density at radius 3 is 2.45 bits per heavy atom. The van der Waals surface area contributed by atoms with E-state index < -0.39 is 4.92 Å². The van der Waals surface area contributed by atoms with Crippen LogP contribution in [-0.4, -0.2) is 12.0 Å². The van der Waals surface area contributed by atoms with E-state index in [1.54, 1.807) is 18.2 Å². The number of halogens is 2. The molecule has 5 nitrogen and oxygen atoms in total. The number of nitro benzene ring substituents is 1. The molecule has 2 rings (SSSR count). The minimum atomic E-state index is -0.498. The van der Waals surface area contributed by atoms with Crippen LogP contribution in [0.25, 0.3) is 0 Å². The molecule has 0 unspecified atom stereocenters. The number of ether oxygens (including phenoxy) is 2. The summed E-state index contributed by atoms with van der Waals surface area (Å²) in [6, 6.07) is 9.62. The molecular weight excluding hydrogens is 394 g/mol. The molecule has 0 radical (unpaired) electrons. The third kappa shape index (κ3) is 3.29. The van der Waals surface area contributed by atoms with Crippen molar-refractivity contribution in [1.82, 2.24) is 0 Å². The number of benzene rings is 2. The molecule has 104 valence electrons. The van der Waals surface area contributed by atoms with E-state index in [1.807, 2.05) is 0 Å². The second-order valence-electron chi connectivity index (χ2n) is 3.77. The lowest BCUT2D eigenvalue weighted by Gasteiger charge is -2.09. The standard InChI is InChI=1S/C13H9Br2NO4/c1-19-9-3-4-11(16(17)18)13(7-9)20-12-5-2-8(14)6-10(12)15/h2-7H,1H3. The maximum atomic E-state index is 11.0. The number of rotatable bonds is 4. The molecule has 20 heavy (non-hydrogen) atoms. The maximum absolute atomic E-state index is 11.0. The van der Waals surface area contributed by atoms with Crippen LogP contribution >= 0.6 is 31.9 Å². The Morgan fingerprint density at radius 1 is 1.10 bits per heavy atom. The molecule has 0 fully saturated rings. The van der Waals surface area contributed by atoms with Crippen molar-refractivity contribution < 1.29 is 14.4 Å². The van der Waals surface area contributed by atoms with Gasteiger partial charge in [-0.3, -0.25) is 10.1 Å². The van der Waals surface area contributed by atoms with E-state index >= 15 is 0 Å². The third-order valence-corrected chi connectivity index (χ3v) is 3.59. The monoisotopic (exact) mass is 401 g/mol. The van der Waals surface area contributed by atoms with Gasteiger partial charge < -0.3 is 9.47 Å². The van der Waals surface area contributed by atoms with Gasteiger partial charge in [0.2, 0.25) is 5.75 Å². The van der Waals surface area contributed by atoms with E-state index in [4.69, 9.17) is 9.47 Å². The van der Waals surface area contributed by atoms with Crippen LogP contribution in [0.1, 0.15) is 0 Å². The van der Waals surface area contributed by atoms with Crippen molar-refractivity contribution in [2.45, 2.75) is 0 Å². The SMILES string of the molecule is COc1ccc([N+](=O)[O-])c(Oc2ccc(Br)cc2Br)c1. The molecular formula is C13H9Br2NO4. The highest BCUT2D eigenvalue weighted by Gasteiger charge is 2.17. The van der Waals surface area contributed by atoms with Gasteiger partial charge in [0, 0.05) is 16.6 Å². The van der Waals surface area contributed by atoms with E-state index in [0.717, 1.165) is 4.47 Å². The molecule has 0 bridgehead atoms. The second-order valence-corrected chi connectivity index (χ2v) is 5.54. The van der Waals surface area contributed by atoms with Gasteiger partial charge in [-0.1, -0.05) is 15.9 Å². The van der Waals surface area contributed by atoms with Crippen LogP contribution in [0.5, 0.6) is 17.2 Å². The summed E-state index contributed by atoms with van der Waals surface area (Å²) in [5, 5.41) is 11.0. The Balaban J connectivity index is 2.43. The van der Waals surface area contributed by atoms with Crippen LogP contribution in [0.15, 0.2) is 45.3 Å². The Kier molecular flexibility index (Phi) is 4.61.